The van der Waals surface area contributed by atoms with Crippen LogP contribution in [0.4, 0.5) is 0 Å². The van der Waals surface area contributed by atoms with Crippen LogP contribution in [-0.2, 0) is 4.74 Å². The van der Waals surface area contributed by atoms with Crippen LogP contribution in [0.1, 0.15) is 91.9 Å². The molecule has 0 aromatic heterocycles. The summed E-state index contributed by atoms with van der Waals surface area (Å²) in [4.78, 5) is 0. The Bertz CT molecular complexity index is 686. The smallest absolute Gasteiger partial charge is 0.122 e. The van der Waals surface area contributed by atoms with Gasteiger partial charge in [0.15, 0.2) is 0 Å². The number of nitrogens with two attached hydrogens (primary N) is 1. The van der Waals surface area contributed by atoms with Crippen LogP contribution in [0, 0.1) is 52.3 Å². The third kappa shape index (κ3) is 2.61. The first-order valence-corrected chi connectivity index (χ1v) is 13.5. The normalized spacial score (nSPS) is 62.5. The van der Waals surface area contributed by atoms with Gasteiger partial charge in [0, 0.05) is 18.5 Å². The molecule has 30 heavy (non-hydrogen) atoms. The van der Waals surface area contributed by atoms with E-state index in [-0.39, 0.29) is 5.72 Å². The van der Waals surface area contributed by atoms with Crippen molar-refractivity contribution < 1.29 is 4.74 Å². The Morgan fingerprint density at radius 1 is 0.867 bits per heavy atom. The molecule has 6 fully saturated rings. The van der Waals surface area contributed by atoms with Crippen molar-refractivity contribution in [3.8, 4) is 0 Å². The Labute approximate surface area is 184 Å². The Morgan fingerprint density at radius 2 is 1.67 bits per heavy atom. The van der Waals surface area contributed by atoms with Gasteiger partial charge < -0.3 is 10.5 Å². The zero-order chi connectivity index (χ0) is 20.9. The summed E-state index contributed by atoms with van der Waals surface area (Å²) in [7, 11) is 0. The summed E-state index contributed by atoms with van der Waals surface area (Å²) in [6, 6.07) is 0.468. The van der Waals surface area contributed by atoms with E-state index in [1.165, 1.54) is 64.2 Å². The van der Waals surface area contributed by atoms with E-state index >= 15 is 0 Å². The SMILES string of the molecule is C[C@H]1CC[C@]2(NC1)O[C@H]1C[C@H]3[C@H]4CC[C@H]5C[C@H](N)CC[C@]5(C)[C@H]4CC[C@]3(C)[C@H]1[C@@H]2C. The Kier molecular flexibility index (Phi) is 4.58. The van der Waals surface area contributed by atoms with E-state index in [2.05, 4.69) is 33.0 Å². The molecular weight excluding hydrogens is 368 g/mol. The van der Waals surface area contributed by atoms with Crippen LogP contribution in [-0.4, -0.2) is 24.4 Å². The van der Waals surface area contributed by atoms with E-state index in [0.29, 0.717) is 28.9 Å². The fourth-order valence-electron chi connectivity index (χ4n) is 10.5. The fraction of sp³-hybridized carbons (Fsp3) is 1.00. The molecule has 12 atom stereocenters. The molecule has 6 aliphatic rings. The lowest BCUT2D eigenvalue weighted by Gasteiger charge is -2.61. The van der Waals surface area contributed by atoms with E-state index in [0.717, 1.165) is 42.1 Å². The molecule has 3 heteroatoms. The van der Waals surface area contributed by atoms with E-state index in [1.807, 2.05) is 0 Å². The number of piperidine rings is 1. The van der Waals surface area contributed by atoms with Crippen molar-refractivity contribution >= 4 is 0 Å². The van der Waals surface area contributed by atoms with Crippen LogP contribution in [0.25, 0.3) is 0 Å². The maximum absolute atomic E-state index is 7.03. The first-order valence-electron chi connectivity index (χ1n) is 13.5. The molecule has 0 bridgehead atoms. The lowest BCUT2D eigenvalue weighted by molar-refractivity contribution is -0.133. The van der Waals surface area contributed by atoms with Crippen LogP contribution in [0.3, 0.4) is 0 Å². The van der Waals surface area contributed by atoms with Crippen molar-refractivity contribution in [1.82, 2.24) is 5.32 Å². The molecule has 2 heterocycles. The third-order valence-corrected chi connectivity index (χ3v) is 12.2. The summed E-state index contributed by atoms with van der Waals surface area (Å²) < 4.78 is 7.03. The summed E-state index contributed by atoms with van der Waals surface area (Å²) in [5.41, 5.74) is 7.44. The van der Waals surface area contributed by atoms with Gasteiger partial charge in [0.05, 0.1) is 6.10 Å². The second kappa shape index (κ2) is 6.70. The molecule has 1 spiro atoms. The van der Waals surface area contributed by atoms with Gasteiger partial charge in [-0.1, -0.05) is 27.7 Å². The van der Waals surface area contributed by atoms with Crippen molar-refractivity contribution in [1.29, 1.82) is 0 Å². The number of rotatable bonds is 0. The summed E-state index contributed by atoms with van der Waals surface area (Å²) in [5, 5.41) is 3.90. The molecule has 0 amide bonds. The second-order valence-corrected chi connectivity index (χ2v) is 13.4. The summed E-state index contributed by atoms with van der Waals surface area (Å²) in [6.07, 6.45) is 14.1. The molecule has 3 N–H and O–H groups in total. The van der Waals surface area contributed by atoms with Gasteiger partial charge in [0.1, 0.15) is 5.72 Å². The predicted molar refractivity (Wildman–Crippen MR) is 122 cm³/mol. The highest BCUT2D eigenvalue weighted by molar-refractivity contribution is 5.16. The quantitative estimate of drug-likeness (QED) is 0.563. The van der Waals surface area contributed by atoms with Gasteiger partial charge in [0.25, 0.3) is 0 Å². The topological polar surface area (TPSA) is 47.3 Å². The average molecular weight is 415 g/mol. The highest BCUT2D eigenvalue weighted by Crippen LogP contribution is 2.70. The van der Waals surface area contributed by atoms with Gasteiger partial charge in [-0.3, -0.25) is 5.32 Å². The molecule has 0 aromatic carbocycles. The third-order valence-electron chi connectivity index (χ3n) is 12.2. The minimum atomic E-state index is -0.0180. The second-order valence-electron chi connectivity index (χ2n) is 13.4. The largest absolute Gasteiger partial charge is 0.357 e. The van der Waals surface area contributed by atoms with Crippen molar-refractivity contribution in [2.45, 2.75) is 110 Å². The minimum Gasteiger partial charge on any atom is -0.357 e. The fourth-order valence-corrected chi connectivity index (χ4v) is 10.5. The molecule has 4 aliphatic carbocycles. The number of fused-ring (bicyclic) bond motifs is 7. The highest BCUT2D eigenvalue weighted by Gasteiger charge is 2.68. The van der Waals surface area contributed by atoms with Crippen molar-refractivity contribution in [3.05, 3.63) is 0 Å². The zero-order valence-corrected chi connectivity index (χ0v) is 20.0. The molecule has 0 aromatic rings. The monoisotopic (exact) mass is 414 g/mol. The molecule has 2 aliphatic heterocycles. The number of nitrogens with one attached hydrogen (secondary N) is 1. The predicted octanol–water partition coefficient (Wildman–Crippen LogP) is 5.33. The van der Waals surface area contributed by atoms with E-state index < -0.39 is 0 Å². The average Bonchev–Trinajstić information content (AvgIpc) is 3.16. The molecule has 6 rings (SSSR count). The molecule has 2 saturated heterocycles. The van der Waals surface area contributed by atoms with E-state index in [4.69, 9.17) is 10.5 Å². The number of hydrogen-bond acceptors (Lipinski definition) is 3. The summed E-state index contributed by atoms with van der Waals surface area (Å²) >= 11 is 0. The van der Waals surface area contributed by atoms with Crippen molar-refractivity contribution in [2.75, 3.05) is 6.54 Å². The number of hydrogen-bond donors (Lipinski definition) is 2. The Balaban J connectivity index is 1.26. The molecule has 4 saturated carbocycles. The van der Waals surface area contributed by atoms with Gasteiger partial charge in [0.2, 0.25) is 0 Å². The van der Waals surface area contributed by atoms with Crippen LogP contribution in [0.2, 0.25) is 0 Å². The molecule has 3 nitrogen and oxygen atoms in total. The van der Waals surface area contributed by atoms with Crippen LogP contribution in [0.5, 0.6) is 0 Å². The van der Waals surface area contributed by atoms with Gasteiger partial charge in [-0.2, -0.15) is 0 Å². The summed E-state index contributed by atoms with van der Waals surface area (Å²) in [5.74, 6) is 5.87. The summed E-state index contributed by atoms with van der Waals surface area (Å²) in [6.45, 7) is 11.4. The van der Waals surface area contributed by atoms with Crippen LogP contribution >= 0.6 is 0 Å². The lowest BCUT2D eigenvalue weighted by Crippen LogP contribution is -2.57. The Hall–Kier alpha value is -0.120. The van der Waals surface area contributed by atoms with Gasteiger partial charge in [-0.25, -0.2) is 0 Å². The standard InChI is InChI=1S/C27H46N2O/c1-16-7-12-27(29-15-16)17(2)24-23(30-27)14-22-20-6-5-18-13-19(28)8-10-25(18,3)21(20)9-11-26(22,24)4/h16-24,29H,5-15,28H2,1-4H3/t16-,17-,18-,19+,20-,21-,22-,23-,24-,25-,26-,27-/m0/s1. The molecule has 0 unspecified atom stereocenters. The molecule has 170 valence electrons. The van der Waals surface area contributed by atoms with Gasteiger partial charge in [-0.05, 0) is 111 Å². The maximum Gasteiger partial charge on any atom is 0.122 e. The first-order chi connectivity index (χ1) is 14.3. The van der Waals surface area contributed by atoms with E-state index in [9.17, 15) is 0 Å². The maximum atomic E-state index is 7.03. The first kappa shape index (κ1) is 20.5. The molecular formula is C27H46N2O. The van der Waals surface area contributed by atoms with Crippen molar-refractivity contribution in [2.24, 2.45) is 58.0 Å². The lowest BCUT2D eigenvalue weighted by atomic mass is 9.44. The van der Waals surface area contributed by atoms with Crippen LogP contribution < -0.4 is 11.1 Å². The Morgan fingerprint density at radius 3 is 2.43 bits per heavy atom. The van der Waals surface area contributed by atoms with Gasteiger partial charge >= 0.3 is 0 Å². The van der Waals surface area contributed by atoms with Gasteiger partial charge in [-0.15, -0.1) is 0 Å². The van der Waals surface area contributed by atoms with E-state index in [1.54, 1.807) is 0 Å². The highest BCUT2D eigenvalue weighted by atomic mass is 16.5. The zero-order valence-electron chi connectivity index (χ0n) is 20.0. The minimum absolute atomic E-state index is 0.0180. The van der Waals surface area contributed by atoms with Crippen molar-refractivity contribution in [3.63, 3.8) is 0 Å². The number of ether oxygens (including phenoxy) is 1. The van der Waals surface area contributed by atoms with Crippen LogP contribution in [0.15, 0.2) is 0 Å². The molecule has 0 radical (unpaired) electrons.